The maximum Gasteiger partial charge on any atom is 0.233 e. The molecule has 0 aliphatic rings. The number of thioether (sulfide) groups is 1. The molecule has 3 rings (SSSR count). The van der Waals surface area contributed by atoms with Crippen molar-refractivity contribution in [3.8, 4) is 22.8 Å². The van der Waals surface area contributed by atoms with Gasteiger partial charge in [-0.1, -0.05) is 41.6 Å². The number of hydrogen-bond donors (Lipinski definition) is 1. The molecule has 1 aromatic heterocycles. The summed E-state index contributed by atoms with van der Waals surface area (Å²) in [6.07, 6.45) is 0.775. The predicted molar refractivity (Wildman–Crippen MR) is 123 cm³/mol. The average molecular weight is 441 g/mol. The van der Waals surface area contributed by atoms with Crippen molar-refractivity contribution in [1.82, 2.24) is 20.1 Å². The van der Waals surface area contributed by atoms with E-state index in [9.17, 15) is 4.79 Å². The summed E-state index contributed by atoms with van der Waals surface area (Å²) in [6, 6.07) is 15.8. The van der Waals surface area contributed by atoms with E-state index in [1.807, 2.05) is 66.9 Å². The summed E-state index contributed by atoms with van der Waals surface area (Å²) in [5, 5.41) is 12.1. The van der Waals surface area contributed by atoms with Gasteiger partial charge in [0, 0.05) is 25.9 Å². The highest BCUT2D eigenvalue weighted by molar-refractivity contribution is 8.00. The van der Waals surface area contributed by atoms with Crippen LogP contribution in [-0.2, 0) is 9.53 Å². The Morgan fingerprint density at radius 2 is 1.87 bits per heavy atom. The molecule has 2 aromatic carbocycles. The van der Waals surface area contributed by atoms with E-state index >= 15 is 0 Å². The number of rotatable bonds is 10. The normalized spacial score (nSPS) is 11.9. The highest BCUT2D eigenvalue weighted by Gasteiger charge is 2.23. The van der Waals surface area contributed by atoms with Crippen LogP contribution in [0.5, 0.6) is 5.75 Å². The molecular weight excluding hydrogens is 412 g/mol. The van der Waals surface area contributed by atoms with Crippen molar-refractivity contribution >= 4 is 17.7 Å². The Kier molecular flexibility index (Phi) is 8.08. The number of nitrogens with zero attached hydrogens (tertiary/aromatic N) is 3. The van der Waals surface area contributed by atoms with Gasteiger partial charge in [0.2, 0.25) is 5.91 Å². The second-order valence-corrected chi connectivity index (χ2v) is 8.38. The van der Waals surface area contributed by atoms with E-state index in [0.717, 1.165) is 23.2 Å². The first-order valence-corrected chi connectivity index (χ1v) is 11.0. The lowest BCUT2D eigenvalue weighted by Gasteiger charge is -2.15. The van der Waals surface area contributed by atoms with Crippen LogP contribution in [0.3, 0.4) is 0 Å². The summed E-state index contributed by atoms with van der Waals surface area (Å²) < 4.78 is 12.5. The fraction of sp³-hybridized carbons (Fsp3) is 0.348. The molecule has 0 bridgehead atoms. The molecule has 1 heterocycles. The van der Waals surface area contributed by atoms with E-state index in [2.05, 4.69) is 15.5 Å². The molecule has 0 fully saturated rings. The highest BCUT2D eigenvalue weighted by atomic mass is 32.2. The molecular formula is C23H28N4O3S. The summed E-state index contributed by atoms with van der Waals surface area (Å²) >= 11 is 1.38. The van der Waals surface area contributed by atoms with Crippen molar-refractivity contribution in [1.29, 1.82) is 0 Å². The number of para-hydroxylation sites is 1. The molecule has 0 spiro atoms. The van der Waals surface area contributed by atoms with Gasteiger partial charge in [0.1, 0.15) is 5.75 Å². The third-order valence-corrected chi connectivity index (χ3v) is 5.79. The first-order valence-electron chi connectivity index (χ1n) is 10.1. The maximum atomic E-state index is 12.5. The molecule has 1 unspecified atom stereocenters. The minimum Gasteiger partial charge on any atom is -0.496 e. The average Bonchev–Trinajstić information content (AvgIpc) is 3.20. The zero-order valence-corrected chi connectivity index (χ0v) is 19.1. The number of methoxy groups -OCH3 is 2. The topological polar surface area (TPSA) is 78.3 Å². The van der Waals surface area contributed by atoms with E-state index in [1.165, 1.54) is 11.8 Å². The first-order chi connectivity index (χ1) is 15.0. The van der Waals surface area contributed by atoms with Gasteiger partial charge in [0.15, 0.2) is 11.0 Å². The number of carbonyl (C=O) groups excluding carboxylic acids is 1. The van der Waals surface area contributed by atoms with Gasteiger partial charge in [-0.05, 0) is 44.5 Å². The number of aryl methyl sites for hydroxylation is 1. The van der Waals surface area contributed by atoms with Crippen LogP contribution in [0.4, 0.5) is 0 Å². The number of benzene rings is 2. The Morgan fingerprint density at radius 3 is 2.58 bits per heavy atom. The summed E-state index contributed by atoms with van der Waals surface area (Å²) in [6.45, 7) is 5.11. The fourth-order valence-corrected chi connectivity index (χ4v) is 3.95. The Balaban J connectivity index is 1.93. The summed E-state index contributed by atoms with van der Waals surface area (Å²) in [5.74, 6) is 1.33. The van der Waals surface area contributed by atoms with Crippen molar-refractivity contribution in [2.24, 2.45) is 0 Å². The molecule has 7 nitrogen and oxygen atoms in total. The molecule has 0 radical (unpaired) electrons. The second-order valence-electron chi connectivity index (χ2n) is 7.07. The smallest absolute Gasteiger partial charge is 0.233 e. The SMILES string of the molecule is COCCCNC(=O)C(C)Sc1nnc(-c2ccccc2OC)n1-c1ccc(C)cc1. The van der Waals surface area contributed by atoms with Gasteiger partial charge in [-0.3, -0.25) is 9.36 Å². The van der Waals surface area contributed by atoms with Gasteiger partial charge in [-0.25, -0.2) is 0 Å². The summed E-state index contributed by atoms with van der Waals surface area (Å²) in [4.78, 5) is 12.5. The predicted octanol–water partition coefficient (Wildman–Crippen LogP) is 3.88. The number of carbonyl (C=O) groups is 1. The lowest BCUT2D eigenvalue weighted by atomic mass is 10.1. The van der Waals surface area contributed by atoms with Crippen molar-refractivity contribution in [3.05, 3.63) is 54.1 Å². The van der Waals surface area contributed by atoms with E-state index in [0.29, 0.717) is 29.9 Å². The Hall–Kier alpha value is -2.84. The van der Waals surface area contributed by atoms with Crippen molar-refractivity contribution in [3.63, 3.8) is 0 Å². The molecule has 1 amide bonds. The number of nitrogens with one attached hydrogen (secondary N) is 1. The molecule has 0 aliphatic carbocycles. The van der Waals surface area contributed by atoms with Gasteiger partial charge in [0.25, 0.3) is 0 Å². The Morgan fingerprint density at radius 1 is 1.13 bits per heavy atom. The van der Waals surface area contributed by atoms with E-state index in [-0.39, 0.29) is 11.2 Å². The minimum absolute atomic E-state index is 0.0431. The van der Waals surface area contributed by atoms with E-state index in [4.69, 9.17) is 9.47 Å². The Labute approximate surface area is 187 Å². The number of amides is 1. The van der Waals surface area contributed by atoms with Gasteiger partial charge < -0.3 is 14.8 Å². The molecule has 3 aromatic rings. The van der Waals surface area contributed by atoms with E-state index in [1.54, 1.807) is 14.2 Å². The van der Waals surface area contributed by atoms with Crippen LogP contribution in [0.15, 0.2) is 53.7 Å². The fourth-order valence-electron chi connectivity index (χ4n) is 3.06. The van der Waals surface area contributed by atoms with Crippen molar-refractivity contribution < 1.29 is 14.3 Å². The molecule has 31 heavy (non-hydrogen) atoms. The van der Waals surface area contributed by atoms with Crippen molar-refractivity contribution in [2.45, 2.75) is 30.7 Å². The van der Waals surface area contributed by atoms with Crippen LogP contribution in [0.25, 0.3) is 17.1 Å². The minimum atomic E-state index is -0.332. The third kappa shape index (κ3) is 5.65. The van der Waals surface area contributed by atoms with Crippen LogP contribution in [0, 0.1) is 6.92 Å². The van der Waals surface area contributed by atoms with Crippen molar-refractivity contribution in [2.75, 3.05) is 27.4 Å². The standard InChI is InChI=1S/C23H28N4O3S/c1-16-10-12-18(13-11-16)27-21(19-8-5-6-9-20(19)30-4)25-26-23(27)31-17(2)22(28)24-14-7-15-29-3/h5-6,8-13,17H,7,14-15H2,1-4H3,(H,24,28). The second kappa shape index (κ2) is 11.0. The van der Waals surface area contributed by atoms with Crippen LogP contribution in [0.1, 0.15) is 18.9 Å². The number of aromatic nitrogens is 3. The Bertz CT molecular complexity index is 1000. The first kappa shape index (κ1) is 22.8. The summed E-state index contributed by atoms with van der Waals surface area (Å²) in [7, 11) is 3.29. The van der Waals surface area contributed by atoms with Gasteiger partial charge >= 0.3 is 0 Å². The third-order valence-electron chi connectivity index (χ3n) is 4.75. The van der Waals surface area contributed by atoms with Crippen LogP contribution in [0.2, 0.25) is 0 Å². The van der Waals surface area contributed by atoms with Gasteiger partial charge in [0.05, 0.1) is 17.9 Å². The summed E-state index contributed by atoms with van der Waals surface area (Å²) in [5.41, 5.74) is 2.92. The molecule has 0 saturated heterocycles. The zero-order chi connectivity index (χ0) is 22.2. The van der Waals surface area contributed by atoms with Gasteiger partial charge in [-0.15, -0.1) is 10.2 Å². The molecule has 8 heteroatoms. The van der Waals surface area contributed by atoms with Gasteiger partial charge in [-0.2, -0.15) is 0 Å². The molecule has 0 aliphatic heterocycles. The largest absolute Gasteiger partial charge is 0.496 e. The zero-order valence-electron chi connectivity index (χ0n) is 18.3. The number of hydrogen-bond acceptors (Lipinski definition) is 6. The van der Waals surface area contributed by atoms with Crippen LogP contribution in [-0.4, -0.2) is 53.3 Å². The number of ether oxygens (including phenoxy) is 2. The molecule has 1 atom stereocenters. The van der Waals surface area contributed by atoms with Crippen LogP contribution >= 0.6 is 11.8 Å². The van der Waals surface area contributed by atoms with E-state index < -0.39 is 0 Å². The molecule has 164 valence electrons. The lowest BCUT2D eigenvalue weighted by molar-refractivity contribution is -0.120. The molecule has 0 saturated carbocycles. The maximum absolute atomic E-state index is 12.5. The lowest BCUT2D eigenvalue weighted by Crippen LogP contribution is -2.32. The quantitative estimate of drug-likeness (QED) is 0.381. The molecule has 1 N–H and O–H groups in total. The monoisotopic (exact) mass is 440 g/mol. The highest BCUT2D eigenvalue weighted by Crippen LogP contribution is 2.34. The van der Waals surface area contributed by atoms with Crippen LogP contribution < -0.4 is 10.1 Å².